The third-order valence-electron chi connectivity index (χ3n) is 2.80. The van der Waals surface area contributed by atoms with Crippen molar-refractivity contribution >= 4 is 10.0 Å². The molecule has 0 amide bonds. The highest BCUT2D eigenvalue weighted by atomic mass is 32.2. The van der Waals surface area contributed by atoms with Crippen LogP contribution in [0.4, 0.5) is 0 Å². The van der Waals surface area contributed by atoms with Crippen molar-refractivity contribution in [2.75, 3.05) is 0 Å². The fraction of sp³-hybridized carbons (Fsp3) is 0.538. The topological polar surface area (TPSA) is 46.2 Å². The fourth-order valence-electron chi connectivity index (χ4n) is 1.48. The van der Waals surface area contributed by atoms with Crippen molar-refractivity contribution in [1.29, 1.82) is 0 Å². The maximum absolute atomic E-state index is 11.9. The molecule has 0 aliphatic carbocycles. The first-order valence-corrected chi connectivity index (χ1v) is 7.51. The number of benzene rings is 1. The summed E-state index contributed by atoms with van der Waals surface area (Å²) in [6, 6.07) is 7.54. The maximum Gasteiger partial charge on any atom is 0.216 e. The van der Waals surface area contributed by atoms with E-state index in [4.69, 9.17) is 0 Å². The van der Waals surface area contributed by atoms with Gasteiger partial charge < -0.3 is 0 Å². The van der Waals surface area contributed by atoms with Gasteiger partial charge in [-0.05, 0) is 25.3 Å². The zero-order chi connectivity index (χ0) is 13.1. The smallest absolute Gasteiger partial charge is 0.212 e. The van der Waals surface area contributed by atoms with Gasteiger partial charge >= 0.3 is 0 Å². The zero-order valence-electron chi connectivity index (χ0n) is 10.9. The number of nitrogens with one attached hydrogen (secondary N) is 1. The van der Waals surface area contributed by atoms with Crippen LogP contribution in [-0.2, 0) is 15.8 Å². The van der Waals surface area contributed by atoms with Gasteiger partial charge in [0.2, 0.25) is 10.0 Å². The average Bonchev–Trinajstić information content (AvgIpc) is 2.15. The SMILES string of the molecule is Cc1cccc(CS(=O)(=O)N[C@@H](C)C(C)C)c1. The predicted octanol–water partition coefficient (Wildman–Crippen LogP) is 2.46. The second-order valence-corrected chi connectivity index (χ2v) is 6.65. The van der Waals surface area contributed by atoms with E-state index in [0.29, 0.717) is 5.92 Å². The van der Waals surface area contributed by atoms with Crippen molar-refractivity contribution in [3.8, 4) is 0 Å². The Morgan fingerprint density at radius 2 is 1.88 bits per heavy atom. The maximum atomic E-state index is 11.9. The van der Waals surface area contributed by atoms with Crippen molar-refractivity contribution < 1.29 is 8.42 Å². The molecular formula is C13H21NO2S. The first-order valence-electron chi connectivity index (χ1n) is 5.86. The number of sulfonamides is 1. The van der Waals surface area contributed by atoms with Gasteiger partial charge in [-0.2, -0.15) is 0 Å². The van der Waals surface area contributed by atoms with E-state index in [9.17, 15) is 8.42 Å². The standard InChI is InChI=1S/C13H21NO2S/c1-10(2)12(4)14-17(15,16)9-13-7-5-6-11(3)8-13/h5-8,10,12,14H,9H2,1-4H3/t12-/m0/s1. The monoisotopic (exact) mass is 255 g/mol. The third-order valence-corrected chi connectivity index (χ3v) is 4.25. The summed E-state index contributed by atoms with van der Waals surface area (Å²) in [5.41, 5.74) is 1.91. The Bertz CT molecular complexity index is 466. The van der Waals surface area contributed by atoms with E-state index >= 15 is 0 Å². The fourth-order valence-corrected chi connectivity index (χ4v) is 3.02. The molecule has 0 heterocycles. The van der Waals surface area contributed by atoms with Crippen molar-refractivity contribution in [2.24, 2.45) is 5.92 Å². The third kappa shape index (κ3) is 4.88. The molecule has 0 fully saturated rings. The molecule has 0 radical (unpaired) electrons. The van der Waals surface area contributed by atoms with E-state index < -0.39 is 10.0 Å². The molecule has 1 aromatic rings. The molecule has 0 saturated carbocycles. The molecule has 0 aliphatic heterocycles. The van der Waals surface area contributed by atoms with Gasteiger partial charge in [0.05, 0.1) is 5.75 Å². The van der Waals surface area contributed by atoms with Gasteiger partial charge in [-0.15, -0.1) is 0 Å². The second kappa shape index (κ2) is 5.65. The summed E-state index contributed by atoms with van der Waals surface area (Å²) < 4.78 is 26.5. The molecule has 0 bridgehead atoms. The van der Waals surface area contributed by atoms with Crippen LogP contribution in [0.25, 0.3) is 0 Å². The molecule has 4 heteroatoms. The minimum absolute atomic E-state index is 0.0372. The number of rotatable bonds is 5. The van der Waals surface area contributed by atoms with Crippen molar-refractivity contribution in [3.05, 3.63) is 35.4 Å². The molecule has 1 atom stereocenters. The summed E-state index contributed by atoms with van der Waals surface area (Å²) in [6.45, 7) is 7.85. The summed E-state index contributed by atoms with van der Waals surface area (Å²) >= 11 is 0. The van der Waals surface area contributed by atoms with Gasteiger partial charge in [-0.3, -0.25) is 0 Å². The van der Waals surface area contributed by atoms with E-state index in [1.807, 2.05) is 52.0 Å². The lowest BCUT2D eigenvalue weighted by molar-refractivity contribution is 0.476. The van der Waals surface area contributed by atoms with E-state index in [-0.39, 0.29) is 11.8 Å². The van der Waals surface area contributed by atoms with Crippen LogP contribution >= 0.6 is 0 Å². The Hall–Kier alpha value is -0.870. The molecule has 17 heavy (non-hydrogen) atoms. The van der Waals surface area contributed by atoms with Crippen molar-refractivity contribution in [1.82, 2.24) is 4.72 Å². The summed E-state index contributed by atoms with van der Waals surface area (Å²) in [7, 11) is -3.25. The molecule has 1 rings (SSSR count). The number of hydrogen-bond acceptors (Lipinski definition) is 2. The van der Waals surface area contributed by atoms with E-state index in [0.717, 1.165) is 11.1 Å². The van der Waals surface area contributed by atoms with Gasteiger partial charge in [-0.25, -0.2) is 13.1 Å². The van der Waals surface area contributed by atoms with Gasteiger partial charge in [0, 0.05) is 6.04 Å². The van der Waals surface area contributed by atoms with Gasteiger partial charge in [0.25, 0.3) is 0 Å². The largest absolute Gasteiger partial charge is 0.216 e. The highest BCUT2D eigenvalue weighted by Gasteiger charge is 2.17. The van der Waals surface area contributed by atoms with Crippen molar-refractivity contribution in [3.63, 3.8) is 0 Å². The number of aryl methyl sites for hydroxylation is 1. The van der Waals surface area contributed by atoms with Gasteiger partial charge in [0.1, 0.15) is 0 Å². The lowest BCUT2D eigenvalue weighted by Gasteiger charge is -2.17. The molecule has 0 aromatic heterocycles. The summed E-state index contributed by atoms with van der Waals surface area (Å²) in [6.07, 6.45) is 0. The van der Waals surface area contributed by atoms with Gasteiger partial charge in [-0.1, -0.05) is 43.7 Å². The van der Waals surface area contributed by atoms with Crippen LogP contribution in [0, 0.1) is 12.8 Å². The molecule has 1 aromatic carbocycles. The van der Waals surface area contributed by atoms with Crippen LogP contribution in [0.3, 0.4) is 0 Å². The van der Waals surface area contributed by atoms with Gasteiger partial charge in [0.15, 0.2) is 0 Å². The van der Waals surface area contributed by atoms with E-state index in [2.05, 4.69) is 4.72 Å². The Balaban J connectivity index is 2.73. The lowest BCUT2D eigenvalue weighted by Crippen LogP contribution is -2.36. The normalized spacial score (nSPS) is 13.9. The molecule has 1 N–H and O–H groups in total. The van der Waals surface area contributed by atoms with Crippen LogP contribution in [0.1, 0.15) is 31.9 Å². The van der Waals surface area contributed by atoms with Crippen LogP contribution in [0.5, 0.6) is 0 Å². The quantitative estimate of drug-likeness (QED) is 0.878. The Kier molecular flexibility index (Phi) is 4.71. The van der Waals surface area contributed by atoms with Crippen LogP contribution < -0.4 is 4.72 Å². The molecule has 96 valence electrons. The zero-order valence-corrected chi connectivity index (χ0v) is 11.7. The van der Waals surface area contributed by atoms with Crippen LogP contribution in [0.15, 0.2) is 24.3 Å². The molecule has 0 unspecified atom stereocenters. The second-order valence-electron chi connectivity index (χ2n) is 4.90. The first kappa shape index (κ1) is 14.2. The molecule has 0 saturated heterocycles. The minimum atomic E-state index is -3.25. The molecule has 0 spiro atoms. The summed E-state index contributed by atoms with van der Waals surface area (Å²) in [4.78, 5) is 0. The Morgan fingerprint density at radius 3 is 2.41 bits per heavy atom. The van der Waals surface area contributed by atoms with Crippen LogP contribution in [0.2, 0.25) is 0 Å². The average molecular weight is 255 g/mol. The number of hydrogen-bond donors (Lipinski definition) is 1. The highest BCUT2D eigenvalue weighted by molar-refractivity contribution is 7.88. The first-order chi connectivity index (χ1) is 7.80. The van der Waals surface area contributed by atoms with E-state index in [1.165, 1.54) is 0 Å². The Morgan fingerprint density at radius 1 is 1.24 bits per heavy atom. The molecular weight excluding hydrogens is 234 g/mol. The van der Waals surface area contributed by atoms with Crippen LogP contribution in [-0.4, -0.2) is 14.5 Å². The molecule has 3 nitrogen and oxygen atoms in total. The van der Waals surface area contributed by atoms with Crippen molar-refractivity contribution in [2.45, 2.75) is 39.5 Å². The minimum Gasteiger partial charge on any atom is -0.212 e. The molecule has 0 aliphatic rings. The predicted molar refractivity (Wildman–Crippen MR) is 71.2 cm³/mol. The lowest BCUT2D eigenvalue weighted by atomic mass is 10.1. The summed E-state index contributed by atoms with van der Waals surface area (Å²) in [5.74, 6) is 0.341. The summed E-state index contributed by atoms with van der Waals surface area (Å²) in [5, 5.41) is 0. The van der Waals surface area contributed by atoms with E-state index in [1.54, 1.807) is 0 Å². The highest BCUT2D eigenvalue weighted by Crippen LogP contribution is 2.09. The Labute approximate surface area is 104 Å².